The van der Waals surface area contributed by atoms with Crippen LogP contribution >= 0.6 is 0 Å². The SMILES string of the molecule is CC(C)(C)OC(=O)n1c([C@@H]2O[C@H](COCc3ccccc3)[C@@H](OCc3ccccc3)[C@H](OCc3ccccc3)[C@@H]2O)cc2ccccc21. The van der Waals surface area contributed by atoms with Crippen LogP contribution in [0.4, 0.5) is 4.79 Å². The Bertz CT molecular complexity index is 1750. The third-order valence-electron chi connectivity index (χ3n) is 8.23. The second kappa shape index (κ2) is 15.3. The Hall–Kier alpha value is -4.31. The van der Waals surface area contributed by atoms with Crippen molar-refractivity contribution >= 4 is 17.0 Å². The highest BCUT2D eigenvalue weighted by atomic mass is 16.6. The van der Waals surface area contributed by atoms with Gasteiger partial charge in [0.25, 0.3) is 0 Å². The fourth-order valence-electron chi connectivity index (χ4n) is 6.00. The maximum atomic E-state index is 13.8. The molecule has 0 amide bonds. The number of hydrogen-bond donors (Lipinski definition) is 1. The molecule has 1 aliphatic rings. The third kappa shape index (κ3) is 8.21. The van der Waals surface area contributed by atoms with Crippen molar-refractivity contribution in [2.75, 3.05) is 6.61 Å². The monoisotopic (exact) mass is 649 g/mol. The highest BCUT2D eigenvalue weighted by Gasteiger charge is 2.49. The molecule has 5 aromatic rings. The van der Waals surface area contributed by atoms with Crippen LogP contribution in [0.1, 0.15) is 49.3 Å². The van der Waals surface area contributed by atoms with Gasteiger partial charge in [0.15, 0.2) is 0 Å². The molecule has 1 fully saturated rings. The second-order valence-electron chi connectivity index (χ2n) is 13.1. The highest BCUT2D eigenvalue weighted by molar-refractivity contribution is 5.91. The first kappa shape index (κ1) is 33.6. The van der Waals surface area contributed by atoms with E-state index in [-0.39, 0.29) is 19.8 Å². The summed E-state index contributed by atoms with van der Waals surface area (Å²) in [5, 5.41) is 13.0. The molecule has 5 atom stereocenters. The Morgan fingerprint density at radius 2 is 1.25 bits per heavy atom. The Labute approximate surface area is 281 Å². The van der Waals surface area contributed by atoms with E-state index in [1.807, 2.05) is 142 Å². The highest BCUT2D eigenvalue weighted by Crippen LogP contribution is 2.39. The summed E-state index contributed by atoms with van der Waals surface area (Å²) in [6, 6.07) is 39.0. The second-order valence-corrected chi connectivity index (χ2v) is 13.1. The van der Waals surface area contributed by atoms with Gasteiger partial charge in [-0.3, -0.25) is 0 Å². The average Bonchev–Trinajstić information content (AvgIpc) is 3.48. The van der Waals surface area contributed by atoms with Crippen molar-refractivity contribution in [2.45, 2.75) is 76.7 Å². The first-order valence-corrected chi connectivity index (χ1v) is 16.4. The van der Waals surface area contributed by atoms with Crippen LogP contribution in [0.15, 0.2) is 121 Å². The van der Waals surface area contributed by atoms with Crippen LogP contribution in [-0.2, 0) is 43.5 Å². The van der Waals surface area contributed by atoms with E-state index in [2.05, 4.69) is 0 Å². The van der Waals surface area contributed by atoms with E-state index < -0.39 is 42.2 Å². The van der Waals surface area contributed by atoms with E-state index in [1.54, 1.807) is 0 Å². The Morgan fingerprint density at radius 1 is 0.729 bits per heavy atom. The summed E-state index contributed by atoms with van der Waals surface area (Å²) in [4.78, 5) is 13.8. The lowest BCUT2D eigenvalue weighted by Crippen LogP contribution is -2.57. The van der Waals surface area contributed by atoms with Crippen molar-refractivity contribution in [2.24, 2.45) is 0 Å². The molecule has 4 aromatic carbocycles. The zero-order valence-electron chi connectivity index (χ0n) is 27.6. The van der Waals surface area contributed by atoms with Gasteiger partial charge in [0.1, 0.15) is 36.1 Å². The minimum Gasteiger partial charge on any atom is -0.443 e. The molecular weight excluding hydrogens is 606 g/mol. The number of para-hydroxylation sites is 1. The molecule has 2 heterocycles. The van der Waals surface area contributed by atoms with Gasteiger partial charge in [-0.15, -0.1) is 0 Å². The molecule has 1 aromatic heterocycles. The topological polar surface area (TPSA) is 88.4 Å². The number of benzene rings is 4. The summed E-state index contributed by atoms with van der Waals surface area (Å²) in [6.07, 6.45) is -4.91. The minimum absolute atomic E-state index is 0.162. The van der Waals surface area contributed by atoms with Gasteiger partial charge in [0.2, 0.25) is 0 Å². The molecule has 0 spiro atoms. The van der Waals surface area contributed by atoms with Gasteiger partial charge in [0.05, 0.1) is 37.6 Å². The molecule has 48 heavy (non-hydrogen) atoms. The van der Waals surface area contributed by atoms with Crippen molar-refractivity contribution in [1.29, 1.82) is 0 Å². The van der Waals surface area contributed by atoms with E-state index in [0.29, 0.717) is 17.8 Å². The molecule has 0 bridgehead atoms. The average molecular weight is 650 g/mol. The molecule has 8 heteroatoms. The molecule has 1 aliphatic heterocycles. The number of ether oxygens (including phenoxy) is 5. The summed E-state index contributed by atoms with van der Waals surface area (Å²) < 4.78 is 33.4. The summed E-state index contributed by atoms with van der Waals surface area (Å²) in [6.45, 7) is 6.53. The molecule has 1 saturated heterocycles. The van der Waals surface area contributed by atoms with Crippen LogP contribution in [-0.4, -0.2) is 52.4 Å². The molecule has 8 nitrogen and oxygen atoms in total. The molecule has 0 unspecified atom stereocenters. The fourth-order valence-corrected chi connectivity index (χ4v) is 6.00. The van der Waals surface area contributed by atoms with Crippen LogP contribution in [0.2, 0.25) is 0 Å². The summed E-state index contributed by atoms with van der Waals surface area (Å²) in [5.74, 6) is 0. The normalized spacial score (nSPS) is 21.3. The zero-order valence-corrected chi connectivity index (χ0v) is 27.6. The van der Waals surface area contributed by atoms with E-state index in [0.717, 1.165) is 22.1 Å². The fraction of sp³-hybridized carbons (Fsp3) is 0.325. The van der Waals surface area contributed by atoms with Crippen molar-refractivity contribution in [1.82, 2.24) is 4.57 Å². The molecule has 0 radical (unpaired) electrons. The van der Waals surface area contributed by atoms with Gasteiger partial charge in [-0.25, -0.2) is 9.36 Å². The minimum atomic E-state index is -1.20. The van der Waals surface area contributed by atoms with Crippen molar-refractivity contribution in [3.8, 4) is 0 Å². The number of aliphatic hydroxyl groups excluding tert-OH is 1. The van der Waals surface area contributed by atoms with Gasteiger partial charge < -0.3 is 28.8 Å². The van der Waals surface area contributed by atoms with Gasteiger partial charge in [-0.05, 0) is 49.6 Å². The number of carbonyl (C=O) groups excluding carboxylic acids is 1. The lowest BCUT2D eigenvalue weighted by atomic mass is 9.92. The first-order chi connectivity index (χ1) is 23.3. The van der Waals surface area contributed by atoms with Crippen molar-refractivity contribution in [3.63, 3.8) is 0 Å². The predicted molar refractivity (Wildman–Crippen MR) is 183 cm³/mol. The summed E-state index contributed by atoms with van der Waals surface area (Å²) in [5.41, 5.74) is 3.32. The number of carbonyl (C=O) groups is 1. The zero-order chi connectivity index (χ0) is 33.5. The maximum absolute atomic E-state index is 13.8. The van der Waals surface area contributed by atoms with Crippen LogP contribution < -0.4 is 0 Å². The Balaban J connectivity index is 1.37. The lowest BCUT2D eigenvalue weighted by Gasteiger charge is -2.44. The van der Waals surface area contributed by atoms with Crippen LogP contribution in [0.3, 0.4) is 0 Å². The molecule has 1 N–H and O–H groups in total. The van der Waals surface area contributed by atoms with Gasteiger partial charge >= 0.3 is 6.09 Å². The number of hydrogen-bond acceptors (Lipinski definition) is 7. The molecule has 6 rings (SSSR count). The Kier molecular flexibility index (Phi) is 10.7. The quantitative estimate of drug-likeness (QED) is 0.158. The standard InChI is InChI=1S/C40H43NO7/c1-40(2,3)48-39(43)41-32-22-14-13-21-31(32)23-33(41)36-35(42)38(46-26-30-19-11-6-12-20-30)37(45-25-29-17-9-5-10-18-29)34(47-36)27-44-24-28-15-7-4-8-16-28/h4-23,34-38,42H,24-27H2,1-3H3/t34-,35-,36+,37-,38-/m1/s1. The first-order valence-electron chi connectivity index (χ1n) is 16.4. The van der Waals surface area contributed by atoms with Crippen molar-refractivity contribution in [3.05, 3.63) is 144 Å². The van der Waals surface area contributed by atoms with E-state index in [9.17, 15) is 9.90 Å². The van der Waals surface area contributed by atoms with Crippen molar-refractivity contribution < 1.29 is 33.6 Å². The molecule has 0 aliphatic carbocycles. The van der Waals surface area contributed by atoms with Gasteiger partial charge in [-0.1, -0.05) is 109 Å². The molecular formula is C40H43NO7. The van der Waals surface area contributed by atoms with E-state index in [4.69, 9.17) is 23.7 Å². The van der Waals surface area contributed by atoms with E-state index in [1.165, 1.54) is 4.57 Å². The van der Waals surface area contributed by atoms with E-state index >= 15 is 0 Å². The lowest BCUT2D eigenvalue weighted by molar-refractivity contribution is -0.264. The predicted octanol–water partition coefficient (Wildman–Crippen LogP) is 7.61. The Morgan fingerprint density at radius 3 is 1.83 bits per heavy atom. The summed E-state index contributed by atoms with van der Waals surface area (Å²) >= 11 is 0. The number of nitrogens with zero attached hydrogens (tertiary/aromatic N) is 1. The van der Waals surface area contributed by atoms with Crippen LogP contribution in [0.25, 0.3) is 10.9 Å². The van der Waals surface area contributed by atoms with Crippen LogP contribution in [0, 0.1) is 0 Å². The molecule has 250 valence electrons. The molecule has 0 saturated carbocycles. The van der Waals surface area contributed by atoms with Crippen LogP contribution in [0.5, 0.6) is 0 Å². The smallest absolute Gasteiger partial charge is 0.419 e. The maximum Gasteiger partial charge on any atom is 0.419 e. The number of fused-ring (bicyclic) bond motifs is 1. The third-order valence-corrected chi connectivity index (χ3v) is 8.23. The van der Waals surface area contributed by atoms with Gasteiger partial charge in [0, 0.05) is 5.39 Å². The number of aromatic nitrogens is 1. The largest absolute Gasteiger partial charge is 0.443 e. The number of rotatable bonds is 11. The number of aliphatic hydroxyl groups is 1. The summed E-state index contributed by atoms with van der Waals surface area (Å²) in [7, 11) is 0. The van der Waals surface area contributed by atoms with Gasteiger partial charge in [-0.2, -0.15) is 0 Å².